The Labute approximate surface area is 178 Å². The van der Waals surface area contributed by atoms with Gasteiger partial charge < -0.3 is 15.3 Å². The summed E-state index contributed by atoms with van der Waals surface area (Å²) in [6, 6.07) is 9.32. The molecule has 2 aliphatic rings. The maximum absolute atomic E-state index is 13.4. The van der Waals surface area contributed by atoms with Crippen LogP contribution in [0.1, 0.15) is 56.9 Å². The Morgan fingerprint density at radius 1 is 1.10 bits per heavy atom. The van der Waals surface area contributed by atoms with E-state index < -0.39 is 31.0 Å². The highest BCUT2D eigenvalue weighted by Crippen LogP contribution is 2.54. The van der Waals surface area contributed by atoms with Gasteiger partial charge in [-0.3, -0.25) is 14.2 Å². The van der Waals surface area contributed by atoms with Crippen molar-refractivity contribution in [2.24, 2.45) is 11.8 Å². The zero-order chi connectivity index (χ0) is 21.6. The van der Waals surface area contributed by atoms with Crippen molar-refractivity contribution in [3.05, 3.63) is 35.9 Å². The molecule has 7 heteroatoms. The van der Waals surface area contributed by atoms with Gasteiger partial charge in [0.2, 0.25) is 7.37 Å². The van der Waals surface area contributed by atoms with Crippen molar-refractivity contribution in [1.29, 1.82) is 0 Å². The summed E-state index contributed by atoms with van der Waals surface area (Å²) in [5, 5.41) is 12.1. The number of benzene rings is 1. The second-order valence-corrected chi connectivity index (χ2v) is 11.4. The van der Waals surface area contributed by atoms with Crippen LogP contribution in [-0.4, -0.2) is 46.2 Å². The fourth-order valence-corrected chi connectivity index (χ4v) is 7.56. The summed E-state index contributed by atoms with van der Waals surface area (Å²) >= 11 is 0. The minimum absolute atomic E-state index is 0.0555. The van der Waals surface area contributed by atoms with Gasteiger partial charge in [0.15, 0.2) is 0 Å². The molecule has 4 atom stereocenters. The first kappa shape index (κ1) is 23.2. The molecule has 166 valence electrons. The number of Topliss-reactive ketones (excluding diaryl/α,β-unsaturated/α-hetero) is 1. The van der Waals surface area contributed by atoms with Crippen LogP contribution in [0.5, 0.6) is 0 Å². The molecule has 0 amide bonds. The maximum Gasteiger partial charge on any atom is 0.320 e. The molecule has 1 aliphatic carbocycles. The number of aryl methyl sites for hydroxylation is 1. The molecule has 30 heavy (non-hydrogen) atoms. The summed E-state index contributed by atoms with van der Waals surface area (Å²) in [6.07, 6.45) is 7.37. The van der Waals surface area contributed by atoms with Gasteiger partial charge in [-0.25, -0.2) is 0 Å². The van der Waals surface area contributed by atoms with E-state index in [2.05, 4.69) is 17.4 Å². The number of carbonyl (C=O) groups excluding carboxylic acids is 1. The fourth-order valence-electron chi connectivity index (χ4n) is 5.04. The van der Waals surface area contributed by atoms with Crippen molar-refractivity contribution in [3.8, 4) is 0 Å². The van der Waals surface area contributed by atoms with Crippen LogP contribution in [0.15, 0.2) is 30.3 Å². The number of hydrogen-bond acceptors (Lipinski definition) is 4. The topological polar surface area (TPSA) is 104 Å². The molecule has 1 saturated heterocycles. The van der Waals surface area contributed by atoms with E-state index in [0.717, 1.165) is 44.9 Å². The minimum Gasteiger partial charge on any atom is -0.480 e. The molecule has 1 heterocycles. The number of carboxylic acids is 1. The molecular weight excluding hydrogens is 401 g/mol. The largest absolute Gasteiger partial charge is 0.480 e. The average Bonchev–Trinajstić information content (AvgIpc) is 3.23. The van der Waals surface area contributed by atoms with Gasteiger partial charge in [0.05, 0.1) is 5.66 Å². The SMILES string of the molecule is O=C(C(C1CCCCC1)P(=O)(O)CCCCc1ccccc1)[C@@H]1CN[C@H](C(=O)O)C1. The van der Waals surface area contributed by atoms with Crippen molar-refractivity contribution in [2.45, 2.75) is 69.5 Å². The molecule has 0 bridgehead atoms. The van der Waals surface area contributed by atoms with Crippen LogP contribution >= 0.6 is 7.37 Å². The van der Waals surface area contributed by atoms with Crippen molar-refractivity contribution < 1.29 is 24.2 Å². The van der Waals surface area contributed by atoms with Crippen molar-refractivity contribution in [2.75, 3.05) is 12.7 Å². The van der Waals surface area contributed by atoms with Crippen molar-refractivity contribution >= 4 is 19.1 Å². The third-order valence-electron chi connectivity index (χ3n) is 6.69. The quantitative estimate of drug-likeness (QED) is 0.381. The first-order valence-corrected chi connectivity index (χ1v) is 13.1. The number of hydrogen-bond donors (Lipinski definition) is 3. The second kappa shape index (κ2) is 10.7. The van der Waals surface area contributed by atoms with E-state index in [9.17, 15) is 24.2 Å². The van der Waals surface area contributed by atoms with Crippen LogP contribution in [0.2, 0.25) is 0 Å². The lowest BCUT2D eigenvalue weighted by atomic mass is 9.82. The van der Waals surface area contributed by atoms with Gasteiger partial charge in [0, 0.05) is 18.6 Å². The van der Waals surface area contributed by atoms with Gasteiger partial charge in [-0.05, 0) is 50.0 Å². The number of carbonyl (C=O) groups is 2. The Morgan fingerprint density at radius 2 is 1.80 bits per heavy atom. The molecule has 1 aliphatic heterocycles. The Balaban J connectivity index is 1.65. The fraction of sp³-hybridized carbons (Fsp3) is 0.652. The molecule has 1 aromatic carbocycles. The normalized spacial score (nSPS) is 25.5. The zero-order valence-electron chi connectivity index (χ0n) is 17.5. The monoisotopic (exact) mass is 435 g/mol. The number of carboxylic acid groups (broad SMARTS) is 1. The molecule has 3 N–H and O–H groups in total. The third kappa shape index (κ3) is 6.03. The van der Waals surface area contributed by atoms with Crippen LogP contribution in [0, 0.1) is 11.8 Å². The lowest BCUT2D eigenvalue weighted by Gasteiger charge is -2.33. The number of rotatable bonds is 10. The highest BCUT2D eigenvalue weighted by atomic mass is 31.2. The van der Waals surface area contributed by atoms with Gasteiger partial charge in [0.25, 0.3) is 0 Å². The molecule has 0 radical (unpaired) electrons. The average molecular weight is 436 g/mol. The van der Waals surface area contributed by atoms with Gasteiger partial charge in [-0.1, -0.05) is 49.6 Å². The molecule has 1 aromatic rings. The highest BCUT2D eigenvalue weighted by Gasteiger charge is 2.46. The van der Waals surface area contributed by atoms with Crippen molar-refractivity contribution in [1.82, 2.24) is 5.32 Å². The zero-order valence-corrected chi connectivity index (χ0v) is 18.4. The second-order valence-electron chi connectivity index (χ2n) is 8.90. The molecular formula is C23H34NO5P. The molecule has 3 rings (SSSR count). The van der Waals surface area contributed by atoms with Gasteiger partial charge in [-0.2, -0.15) is 0 Å². The first-order chi connectivity index (χ1) is 14.4. The van der Waals surface area contributed by atoms with E-state index >= 15 is 0 Å². The molecule has 0 aromatic heterocycles. The smallest absolute Gasteiger partial charge is 0.320 e. The van der Waals surface area contributed by atoms with E-state index in [1.54, 1.807) is 0 Å². The van der Waals surface area contributed by atoms with Crippen LogP contribution in [0.25, 0.3) is 0 Å². The Morgan fingerprint density at radius 3 is 2.43 bits per heavy atom. The lowest BCUT2D eigenvalue weighted by molar-refractivity contribution is -0.139. The van der Waals surface area contributed by atoms with Gasteiger partial charge in [-0.15, -0.1) is 0 Å². The van der Waals surface area contributed by atoms with Crippen LogP contribution < -0.4 is 5.32 Å². The summed E-state index contributed by atoms with van der Waals surface area (Å²) in [4.78, 5) is 35.6. The van der Waals surface area contributed by atoms with Gasteiger partial charge in [0.1, 0.15) is 11.8 Å². The third-order valence-corrected chi connectivity index (χ3v) is 9.19. The Kier molecular flexibility index (Phi) is 8.27. The molecule has 6 nitrogen and oxygen atoms in total. The van der Waals surface area contributed by atoms with E-state index in [-0.39, 0.29) is 30.8 Å². The standard InChI is InChI=1S/C23H34NO5P/c25-21(19-15-20(23(26)27)24-16-19)22(18-12-5-2-6-13-18)30(28,29)14-8-7-11-17-9-3-1-4-10-17/h1,3-4,9-10,18-20,22,24H,2,5-8,11-16H2,(H,26,27)(H,28,29)/t19-,20-,22?/m0/s1. The van der Waals surface area contributed by atoms with Crippen molar-refractivity contribution in [3.63, 3.8) is 0 Å². The first-order valence-electron chi connectivity index (χ1n) is 11.2. The minimum atomic E-state index is -3.67. The Hall–Kier alpha value is -1.49. The summed E-state index contributed by atoms with van der Waals surface area (Å²) in [5.74, 6) is -1.69. The summed E-state index contributed by atoms with van der Waals surface area (Å²) < 4.78 is 13.4. The maximum atomic E-state index is 13.4. The molecule has 0 spiro atoms. The van der Waals surface area contributed by atoms with Crippen LogP contribution in [0.4, 0.5) is 0 Å². The predicted molar refractivity (Wildman–Crippen MR) is 117 cm³/mol. The highest BCUT2D eigenvalue weighted by molar-refractivity contribution is 7.59. The van der Waals surface area contributed by atoms with E-state index in [1.165, 1.54) is 5.56 Å². The lowest BCUT2D eigenvalue weighted by Crippen LogP contribution is -2.37. The predicted octanol–water partition coefficient (Wildman–Crippen LogP) is 3.86. The number of ketones is 1. The molecule has 1 saturated carbocycles. The van der Waals surface area contributed by atoms with Gasteiger partial charge >= 0.3 is 5.97 Å². The number of aliphatic carboxylic acids is 1. The van der Waals surface area contributed by atoms with E-state index in [1.807, 2.05) is 18.2 Å². The summed E-state index contributed by atoms with van der Waals surface area (Å²) in [6.45, 7) is 0.285. The summed E-state index contributed by atoms with van der Waals surface area (Å²) in [5.41, 5.74) is 0.371. The number of nitrogens with one attached hydrogen (secondary N) is 1. The molecule has 2 fully saturated rings. The Bertz CT molecular complexity index is 762. The van der Waals surface area contributed by atoms with Crippen LogP contribution in [-0.2, 0) is 20.6 Å². The summed E-state index contributed by atoms with van der Waals surface area (Å²) in [7, 11) is -3.67. The van der Waals surface area contributed by atoms with E-state index in [4.69, 9.17) is 0 Å². The van der Waals surface area contributed by atoms with E-state index in [0.29, 0.717) is 6.42 Å². The number of unbranched alkanes of at least 4 members (excludes halogenated alkanes) is 1. The van der Waals surface area contributed by atoms with Crippen LogP contribution in [0.3, 0.4) is 0 Å². The molecule has 2 unspecified atom stereocenters.